The molecule has 6 nitrogen and oxygen atoms in total. The molecular formula is C20H22NO5S-. The van der Waals surface area contributed by atoms with Crippen molar-refractivity contribution in [1.82, 2.24) is 4.90 Å². The summed E-state index contributed by atoms with van der Waals surface area (Å²) < 4.78 is 34.5. The van der Waals surface area contributed by atoms with Crippen LogP contribution in [0, 0.1) is 0 Å². The summed E-state index contributed by atoms with van der Waals surface area (Å²) in [7, 11) is 1.55. The molecule has 0 N–H and O–H groups in total. The monoisotopic (exact) mass is 388 g/mol. The van der Waals surface area contributed by atoms with Gasteiger partial charge in [0.25, 0.3) is 5.91 Å². The minimum absolute atomic E-state index is 0.165. The summed E-state index contributed by atoms with van der Waals surface area (Å²) in [5.41, 5.74) is 2.21. The van der Waals surface area contributed by atoms with Crippen molar-refractivity contribution < 1.29 is 23.0 Å². The SMILES string of the molecule is CCOc1cc(C(C(C)S(=O)[O-])N2Cc3ccccc3C2=O)ccc1OC. The molecule has 0 radical (unpaired) electrons. The van der Waals surface area contributed by atoms with Crippen LogP contribution >= 0.6 is 0 Å². The second-order valence-electron chi connectivity index (χ2n) is 6.34. The fourth-order valence-corrected chi connectivity index (χ4v) is 3.97. The maximum absolute atomic E-state index is 12.9. The first-order valence-corrected chi connectivity index (χ1v) is 9.89. The van der Waals surface area contributed by atoms with Crippen LogP contribution in [0.1, 0.15) is 41.4 Å². The molecule has 2 aromatic rings. The van der Waals surface area contributed by atoms with Crippen LogP contribution in [-0.4, -0.2) is 38.5 Å². The molecular weight excluding hydrogens is 366 g/mol. The molecule has 1 aliphatic heterocycles. The molecule has 0 fully saturated rings. The van der Waals surface area contributed by atoms with Gasteiger partial charge in [-0.2, -0.15) is 0 Å². The van der Waals surface area contributed by atoms with Crippen LogP contribution in [0.15, 0.2) is 42.5 Å². The number of nitrogens with zero attached hydrogens (tertiary/aromatic N) is 1. The van der Waals surface area contributed by atoms with Gasteiger partial charge < -0.3 is 18.9 Å². The van der Waals surface area contributed by atoms with E-state index in [9.17, 15) is 13.6 Å². The molecule has 1 aliphatic rings. The maximum atomic E-state index is 12.9. The van der Waals surface area contributed by atoms with Crippen LogP contribution in [0.4, 0.5) is 0 Å². The Hall–Kier alpha value is -2.38. The van der Waals surface area contributed by atoms with Crippen LogP contribution in [0.5, 0.6) is 11.5 Å². The Bertz CT molecular complexity index is 869. The highest BCUT2D eigenvalue weighted by Crippen LogP contribution is 2.38. The van der Waals surface area contributed by atoms with Crippen molar-refractivity contribution in [3.05, 3.63) is 59.2 Å². The molecule has 0 saturated carbocycles. The number of benzene rings is 2. The number of carbonyl (C=O) groups is 1. The van der Waals surface area contributed by atoms with E-state index >= 15 is 0 Å². The standard InChI is InChI=1S/C20H23NO5S/c1-4-26-18-11-14(9-10-17(18)25-3)19(13(2)27(23)24)21-12-15-7-5-6-8-16(15)20(21)22/h5-11,13,19H,4,12H2,1-3H3,(H,23,24)/p-1. The van der Waals surface area contributed by atoms with Gasteiger partial charge in [-0.3, -0.25) is 9.00 Å². The molecule has 1 amide bonds. The van der Waals surface area contributed by atoms with Gasteiger partial charge in [-0.05, 0) is 54.3 Å². The van der Waals surface area contributed by atoms with Gasteiger partial charge in [0.05, 0.1) is 19.8 Å². The summed E-state index contributed by atoms with van der Waals surface area (Å²) in [6.07, 6.45) is 0. The smallest absolute Gasteiger partial charge is 0.255 e. The zero-order valence-electron chi connectivity index (χ0n) is 15.5. The maximum Gasteiger partial charge on any atom is 0.255 e. The molecule has 7 heteroatoms. The first kappa shape index (κ1) is 19.4. The number of rotatable bonds is 7. The summed E-state index contributed by atoms with van der Waals surface area (Å²) >= 11 is -2.35. The number of ether oxygens (including phenoxy) is 2. The molecule has 2 aromatic carbocycles. The topological polar surface area (TPSA) is 78.9 Å². The van der Waals surface area contributed by atoms with Gasteiger partial charge in [-0.25, -0.2) is 0 Å². The van der Waals surface area contributed by atoms with E-state index in [0.29, 0.717) is 35.8 Å². The molecule has 0 spiro atoms. The molecule has 144 valence electrons. The molecule has 3 rings (SSSR count). The Morgan fingerprint density at radius 3 is 2.59 bits per heavy atom. The number of amides is 1. The number of hydrogen-bond acceptors (Lipinski definition) is 5. The average molecular weight is 388 g/mol. The van der Waals surface area contributed by atoms with Crippen molar-refractivity contribution in [2.24, 2.45) is 0 Å². The lowest BCUT2D eigenvalue weighted by Crippen LogP contribution is -2.37. The van der Waals surface area contributed by atoms with E-state index in [1.807, 2.05) is 25.1 Å². The first-order chi connectivity index (χ1) is 13.0. The lowest BCUT2D eigenvalue weighted by atomic mass is 10.0. The Morgan fingerprint density at radius 1 is 1.22 bits per heavy atom. The molecule has 3 atom stereocenters. The Morgan fingerprint density at radius 2 is 1.96 bits per heavy atom. The van der Waals surface area contributed by atoms with Gasteiger partial charge >= 0.3 is 0 Å². The third kappa shape index (κ3) is 3.70. The van der Waals surface area contributed by atoms with Crippen molar-refractivity contribution in [2.45, 2.75) is 31.7 Å². The number of methoxy groups -OCH3 is 1. The van der Waals surface area contributed by atoms with E-state index in [2.05, 4.69) is 0 Å². The fourth-order valence-electron chi connectivity index (χ4n) is 3.46. The molecule has 0 aliphatic carbocycles. The summed E-state index contributed by atoms with van der Waals surface area (Å²) in [5.74, 6) is 0.920. The van der Waals surface area contributed by atoms with E-state index in [1.165, 1.54) is 0 Å². The quantitative estimate of drug-likeness (QED) is 0.681. The van der Waals surface area contributed by atoms with E-state index in [0.717, 1.165) is 5.56 Å². The van der Waals surface area contributed by atoms with Crippen LogP contribution < -0.4 is 9.47 Å². The molecule has 27 heavy (non-hydrogen) atoms. The number of fused-ring (bicyclic) bond motifs is 1. The van der Waals surface area contributed by atoms with Gasteiger partial charge in [-0.15, -0.1) is 0 Å². The Labute approximate surface area is 161 Å². The highest BCUT2D eigenvalue weighted by Gasteiger charge is 2.36. The van der Waals surface area contributed by atoms with Gasteiger partial charge in [0.1, 0.15) is 0 Å². The summed E-state index contributed by atoms with van der Waals surface area (Å²) in [4.78, 5) is 14.6. The van der Waals surface area contributed by atoms with Crippen LogP contribution in [-0.2, 0) is 17.6 Å². The Balaban J connectivity index is 2.05. The van der Waals surface area contributed by atoms with Gasteiger partial charge in [0.2, 0.25) is 0 Å². The van der Waals surface area contributed by atoms with Crippen molar-refractivity contribution in [3.63, 3.8) is 0 Å². The molecule has 0 bridgehead atoms. The largest absolute Gasteiger partial charge is 0.772 e. The summed E-state index contributed by atoms with van der Waals surface area (Å²) in [5, 5.41) is -0.786. The second-order valence-corrected chi connectivity index (χ2v) is 7.61. The Kier molecular flexibility index (Phi) is 5.82. The van der Waals surface area contributed by atoms with Gasteiger partial charge in [0, 0.05) is 17.4 Å². The summed E-state index contributed by atoms with van der Waals surface area (Å²) in [6, 6.07) is 12.0. The van der Waals surface area contributed by atoms with E-state index in [1.54, 1.807) is 43.2 Å². The van der Waals surface area contributed by atoms with Crippen LogP contribution in [0.3, 0.4) is 0 Å². The average Bonchev–Trinajstić information content (AvgIpc) is 2.99. The predicted molar refractivity (Wildman–Crippen MR) is 102 cm³/mol. The minimum atomic E-state index is -2.35. The van der Waals surface area contributed by atoms with Crippen LogP contribution in [0.2, 0.25) is 0 Å². The van der Waals surface area contributed by atoms with E-state index in [-0.39, 0.29) is 5.91 Å². The van der Waals surface area contributed by atoms with Gasteiger partial charge in [0.15, 0.2) is 11.5 Å². The lowest BCUT2D eigenvalue weighted by molar-refractivity contribution is 0.0698. The molecule has 0 aromatic heterocycles. The first-order valence-electron chi connectivity index (χ1n) is 8.75. The van der Waals surface area contributed by atoms with Crippen LogP contribution in [0.25, 0.3) is 0 Å². The number of carbonyl (C=O) groups excluding carboxylic acids is 1. The van der Waals surface area contributed by atoms with Crippen molar-refractivity contribution in [2.75, 3.05) is 13.7 Å². The molecule has 0 saturated heterocycles. The lowest BCUT2D eigenvalue weighted by Gasteiger charge is -2.34. The normalized spacial score (nSPS) is 16.6. The third-order valence-electron chi connectivity index (χ3n) is 4.76. The minimum Gasteiger partial charge on any atom is -0.772 e. The number of hydrogen-bond donors (Lipinski definition) is 0. The van der Waals surface area contributed by atoms with Crippen molar-refractivity contribution >= 4 is 17.0 Å². The predicted octanol–water partition coefficient (Wildman–Crippen LogP) is 3.06. The van der Waals surface area contributed by atoms with E-state index in [4.69, 9.17) is 9.47 Å². The summed E-state index contributed by atoms with van der Waals surface area (Å²) in [6.45, 7) is 4.28. The fraction of sp³-hybridized carbons (Fsp3) is 0.350. The zero-order valence-corrected chi connectivity index (χ0v) is 16.3. The van der Waals surface area contributed by atoms with Crippen molar-refractivity contribution in [3.8, 4) is 11.5 Å². The third-order valence-corrected chi connectivity index (χ3v) is 5.63. The second kappa shape index (κ2) is 8.10. The highest BCUT2D eigenvalue weighted by atomic mass is 32.2. The van der Waals surface area contributed by atoms with E-state index < -0.39 is 22.4 Å². The zero-order chi connectivity index (χ0) is 19.6. The molecule has 1 heterocycles. The highest BCUT2D eigenvalue weighted by molar-refractivity contribution is 7.79. The van der Waals surface area contributed by atoms with Crippen molar-refractivity contribution in [1.29, 1.82) is 0 Å². The molecule has 3 unspecified atom stereocenters. The van der Waals surface area contributed by atoms with Gasteiger partial charge in [-0.1, -0.05) is 24.3 Å².